The van der Waals surface area contributed by atoms with Gasteiger partial charge in [-0.2, -0.15) is 0 Å². The van der Waals surface area contributed by atoms with Crippen molar-refractivity contribution in [3.05, 3.63) is 88.4 Å². The molecule has 0 bridgehead atoms. The Morgan fingerprint density at radius 2 is 1.74 bits per heavy atom. The number of aryl methyl sites for hydroxylation is 3. The highest BCUT2D eigenvalue weighted by atomic mass is 32.1. The number of rotatable bonds is 7. The van der Waals surface area contributed by atoms with E-state index < -0.39 is 17.7 Å². The summed E-state index contributed by atoms with van der Waals surface area (Å²) in [6.45, 7) is 10.3. The van der Waals surface area contributed by atoms with Gasteiger partial charge in [0, 0.05) is 6.20 Å². The molecule has 1 N–H and O–H groups in total. The van der Waals surface area contributed by atoms with Crippen molar-refractivity contribution < 1.29 is 24.2 Å². The van der Waals surface area contributed by atoms with E-state index in [9.17, 15) is 14.7 Å². The summed E-state index contributed by atoms with van der Waals surface area (Å²) in [5.41, 5.74) is 4.82. The van der Waals surface area contributed by atoms with Crippen LogP contribution in [0.1, 0.15) is 48.0 Å². The van der Waals surface area contributed by atoms with Crippen LogP contribution in [0, 0.1) is 20.8 Å². The molecule has 2 aromatic carbocycles. The van der Waals surface area contributed by atoms with E-state index in [1.807, 2.05) is 58.0 Å². The number of ketones is 1. The molecule has 1 aliphatic rings. The Balaban J connectivity index is 1.62. The molecular weight excluding hydrogens is 552 g/mol. The second-order valence-corrected chi connectivity index (χ2v) is 11.2. The SMILES string of the molecule is CCOc1ccc(C2/C(=C(\O)c3c(C)nc4ccccn34)C(=O)C(=O)N2c2nc3c(C)cc(C)cc3s2)cc1OCC. The van der Waals surface area contributed by atoms with E-state index in [1.165, 1.54) is 16.2 Å². The highest BCUT2D eigenvalue weighted by Gasteiger charge is 2.49. The lowest BCUT2D eigenvalue weighted by Gasteiger charge is -2.24. The average molecular weight is 583 g/mol. The summed E-state index contributed by atoms with van der Waals surface area (Å²) < 4.78 is 14.3. The van der Waals surface area contributed by atoms with Gasteiger partial charge in [0.15, 0.2) is 22.4 Å². The van der Waals surface area contributed by atoms with Gasteiger partial charge in [-0.15, -0.1) is 0 Å². The van der Waals surface area contributed by atoms with E-state index in [2.05, 4.69) is 4.98 Å². The number of aliphatic hydroxyl groups is 1. The highest BCUT2D eigenvalue weighted by molar-refractivity contribution is 7.22. The number of aliphatic hydroxyl groups excluding tert-OH is 1. The number of hydrogen-bond donors (Lipinski definition) is 1. The summed E-state index contributed by atoms with van der Waals surface area (Å²) in [5.74, 6) is -0.861. The van der Waals surface area contributed by atoms with Crippen LogP contribution in [0.5, 0.6) is 11.5 Å². The molecule has 1 amide bonds. The van der Waals surface area contributed by atoms with Crippen LogP contribution in [0.2, 0.25) is 0 Å². The fraction of sp³-hybridized carbons (Fsp3) is 0.250. The maximum absolute atomic E-state index is 13.9. The molecule has 5 aromatic rings. The molecule has 1 atom stereocenters. The van der Waals surface area contributed by atoms with E-state index in [0.717, 1.165) is 21.3 Å². The number of aromatic nitrogens is 3. The van der Waals surface area contributed by atoms with Gasteiger partial charge < -0.3 is 14.6 Å². The van der Waals surface area contributed by atoms with E-state index >= 15 is 0 Å². The third-order valence-corrected chi connectivity index (χ3v) is 8.28. The summed E-state index contributed by atoms with van der Waals surface area (Å²) in [5, 5.41) is 12.2. The summed E-state index contributed by atoms with van der Waals surface area (Å²) >= 11 is 1.33. The number of fused-ring (bicyclic) bond motifs is 2. The molecule has 1 unspecified atom stereocenters. The van der Waals surface area contributed by atoms with E-state index in [4.69, 9.17) is 14.5 Å². The normalized spacial score (nSPS) is 16.6. The van der Waals surface area contributed by atoms with E-state index in [-0.39, 0.29) is 11.3 Å². The van der Waals surface area contributed by atoms with Gasteiger partial charge in [-0.25, -0.2) is 9.97 Å². The third kappa shape index (κ3) is 4.39. The molecule has 214 valence electrons. The van der Waals surface area contributed by atoms with Crippen molar-refractivity contribution in [3.8, 4) is 11.5 Å². The standard InChI is InChI=1S/C32H30N4O5S/c1-6-40-21-12-11-20(16-22(21)41-7-2)28-25(29(37)27-19(5)33-24-10-8-9-13-35(24)27)30(38)31(39)36(28)32-34-26-18(4)14-17(3)15-23(26)42-32/h8-16,28,37H,6-7H2,1-5H3/b29-25+. The maximum atomic E-state index is 13.9. The van der Waals surface area contributed by atoms with Crippen LogP contribution in [0.15, 0.2) is 60.3 Å². The summed E-state index contributed by atoms with van der Waals surface area (Å²) in [7, 11) is 0. The Labute approximate surface area is 246 Å². The van der Waals surface area contributed by atoms with Crippen molar-refractivity contribution in [2.45, 2.75) is 40.7 Å². The van der Waals surface area contributed by atoms with Gasteiger partial charge in [0.25, 0.3) is 5.78 Å². The Bertz CT molecular complexity index is 1920. The number of amides is 1. The van der Waals surface area contributed by atoms with Gasteiger partial charge in [-0.3, -0.25) is 18.9 Å². The number of hydrogen-bond acceptors (Lipinski definition) is 8. The minimum atomic E-state index is -0.976. The largest absolute Gasteiger partial charge is 0.505 e. The first kappa shape index (κ1) is 27.5. The quantitative estimate of drug-likeness (QED) is 0.137. The molecule has 1 saturated heterocycles. The molecule has 1 aliphatic heterocycles. The van der Waals surface area contributed by atoms with Gasteiger partial charge in [0.05, 0.1) is 40.7 Å². The zero-order chi connectivity index (χ0) is 29.7. The number of ether oxygens (including phenoxy) is 2. The monoisotopic (exact) mass is 582 g/mol. The van der Waals surface area contributed by atoms with Crippen molar-refractivity contribution in [1.29, 1.82) is 0 Å². The molecule has 42 heavy (non-hydrogen) atoms. The van der Waals surface area contributed by atoms with E-state index in [1.54, 1.807) is 35.7 Å². The summed E-state index contributed by atoms with van der Waals surface area (Å²) in [6, 6.07) is 13.8. The van der Waals surface area contributed by atoms with Crippen LogP contribution in [0.25, 0.3) is 21.6 Å². The molecule has 0 aliphatic carbocycles. The van der Waals surface area contributed by atoms with Crippen LogP contribution in [0.3, 0.4) is 0 Å². The number of benzene rings is 2. The Hall–Kier alpha value is -4.70. The molecule has 10 heteroatoms. The molecule has 3 aromatic heterocycles. The lowest BCUT2D eigenvalue weighted by Crippen LogP contribution is -2.29. The van der Waals surface area contributed by atoms with Crippen LogP contribution < -0.4 is 14.4 Å². The Morgan fingerprint density at radius 1 is 0.976 bits per heavy atom. The van der Waals surface area contributed by atoms with Gasteiger partial charge in [0.2, 0.25) is 0 Å². The molecule has 0 saturated carbocycles. The zero-order valence-corrected chi connectivity index (χ0v) is 24.8. The Kier molecular flexibility index (Phi) is 6.94. The van der Waals surface area contributed by atoms with Crippen molar-refractivity contribution in [2.24, 2.45) is 0 Å². The molecule has 0 radical (unpaired) electrons. The first-order chi connectivity index (χ1) is 20.2. The average Bonchev–Trinajstić information content (AvgIpc) is 3.61. The second kappa shape index (κ2) is 10.6. The second-order valence-electron chi connectivity index (χ2n) is 10.1. The van der Waals surface area contributed by atoms with Crippen LogP contribution in [-0.4, -0.2) is 44.4 Å². The number of pyridine rings is 1. The molecule has 4 heterocycles. The van der Waals surface area contributed by atoms with Gasteiger partial charge >= 0.3 is 5.91 Å². The molecular formula is C32H30N4O5S. The zero-order valence-electron chi connectivity index (χ0n) is 24.0. The fourth-order valence-electron chi connectivity index (χ4n) is 5.57. The predicted molar refractivity (Wildman–Crippen MR) is 163 cm³/mol. The molecule has 9 nitrogen and oxygen atoms in total. The topological polar surface area (TPSA) is 106 Å². The minimum absolute atomic E-state index is 0.0486. The number of anilines is 1. The smallest absolute Gasteiger partial charge is 0.301 e. The van der Waals surface area contributed by atoms with Crippen molar-refractivity contribution in [2.75, 3.05) is 18.1 Å². The lowest BCUT2D eigenvalue weighted by molar-refractivity contribution is -0.132. The first-order valence-corrected chi connectivity index (χ1v) is 14.6. The molecule has 6 rings (SSSR count). The Morgan fingerprint density at radius 3 is 2.50 bits per heavy atom. The molecule has 0 spiro atoms. The predicted octanol–water partition coefficient (Wildman–Crippen LogP) is 6.29. The fourth-order valence-corrected chi connectivity index (χ4v) is 6.74. The van der Waals surface area contributed by atoms with E-state index in [0.29, 0.717) is 52.4 Å². The van der Waals surface area contributed by atoms with Gasteiger partial charge in [-0.1, -0.05) is 29.5 Å². The van der Waals surface area contributed by atoms with Crippen LogP contribution in [-0.2, 0) is 9.59 Å². The van der Waals surface area contributed by atoms with Crippen molar-refractivity contribution in [1.82, 2.24) is 14.4 Å². The van der Waals surface area contributed by atoms with Crippen LogP contribution >= 0.6 is 11.3 Å². The molecule has 1 fully saturated rings. The summed E-state index contributed by atoms with van der Waals surface area (Å²) in [4.78, 5) is 38.5. The number of carbonyl (C=O) groups excluding carboxylic acids is 2. The number of thiazole rings is 1. The lowest BCUT2D eigenvalue weighted by atomic mass is 9.96. The number of imidazole rings is 1. The maximum Gasteiger partial charge on any atom is 0.301 e. The summed E-state index contributed by atoms with van der Waals surface area (Å²) in [6.07, 6.45) is 1.76. The van der Waals surface area contributed by atoms with Gasteiger partial charge in [0.1, 0.15) is 11.3 Å². The number of Topliss-reactive ketones (excluding diaryl/α,β-unsaturated/α-hetero) is 1. The van der Waals surface area contributed by atoms with Crippen LogP contribution in [0.4, 0.5) is 5.13 Å². The van der Waals surface area contributed by atoms with Crippen molar-refractivity contribution >= 4 is 49.8 Å². The van der Waals surface area contributed by atoms with Gasteiger partial charge in [-0.05, 0) is 81.6 Å². The third-order valence-electron chi connectivity index (χ3n) is 7.28. The number of carbonyl (C=O) groups is 2. The highest BCUT2D eigenvalue weighted by Crippen LogP contribution is 2.46. The minimum Gasteiger partial charge on any atom is -0.505 e. The number of nitrogens with zero attached hydrogens (tertiary/aromatic N) is 4. The van der Waals surface area contributed by atoms with Crippen molar-refractivity contribution in [3.63, 3.8) is 0 Å². The first-order valence-electron chi connectivity index (χ1n) is 13.8.